The summed E-state index contributed by atoms with van der Waals surface area (Å²) >= 11 is 5.60. The van der Waals surface area contributed by atoms with Crippen LogP contribution in [-0.2, 0) is 0 Å². The molecule has 0 saturated carbocycles. The Balaban J connectivity index is 2.37. The van der Waals surface area contributed by atoms with Gasteiger partial charge in [0, 0.05) is 18.6 Å². The van der Waals surface area contributed by atoms with E-state index >= 15 is 0 Å². The lowest BCUT2D eigenvalue weighted by atomic mass is 10.1. The van der Waals surface area contributed by atoms with Crippen molar-refractivity contribution in [3.05, 3.63) is 30.1 Å². The molecule has 0 fully saturated rings. The quantitative estimate of drug-likeness (QED) is 0.782. The van der Waals surface area contributed by atoms with Gasteiger partial charge >= 0.3 is 0 Å². The Bertz CT molecular complexity index is 303. The highest BCUT2D eigenvalue weighted by atomic mass is 35.5. The number of carbonyl (C=O) groups is 1. The van der Waals surface area contributed by atoms with Gasteiger partial charge in [0.05, 0.1) is 0 Å². The Morgan fingerprint density at radius 2 is 2.40 bits per heavy atom. The van der Waals surface area contributed by atoms with Gasteiger partial charge in [0.25, 0.3) is 5.91 Å². The molecule has 3 nitrogen and oxygen atoms in total. The lowest BCUT2D eigenvalue weighted by molar-refractivity contribution is 0.0943. The van der Waals surface area contributed by atoms with Crippen molar-refractivity contribution < 1.29 is 4.79 Å². The fraction of sp³-hybridized carbons (Fsp3) is 0.455. The molecule has 15 heavy (non-hydrogen) atoms. The van der Waals surface area contributed by atoms with Crippen molar-refractivity contribution in [3.63, 3.8) is 0 Å². The molecule has 1 atom stereocenters. The number of nitrogens with one attached hydrogen (secondary N) is 1. The summed E-state index contributed by atoms with van der Waals surface area (Å²) in [4.78, 5) is 15.5. The van der Waals surface area contributed by atoms with Gasteiger partial charge in [-0.1, -0.05) is 13.0 Å². The number of amides is 1. The van der Waals surface area contributed by atoms with Gasteiger partial charge < -0.3 is 5.32 Å². The van der Waals surface area contributed by atoms with Crippen molar-refractivity contribution in [2.24, 2.45) is 5.92 Å². The number of halogens is 1. The van der Waals surface area contributed by atoms with E-state index in [1.165, 1.54) is 0 Å². The number of pyridine rings is 1. The van der Waals surface area contributed by atoms with Gasteiger partial charge in [0.1, 0.15) is 5.69 Å². The third-order valence-electron chi connectivity index (χ3n) is 2.11. The standard InChI is InChI=1S/C11H15ClN2O/c1-9(5-6-12)8-14-11(15)10-4-2-3-7-13-10/h2-4,7,9H,5-6,8H2,1H3,(H,14,15). The van der Waals surface area contributed by atoms with Crippen LogP contribution in [0.4, 0.5) is 0 Å². The monoisotopic (exact) mass is 226 g/mol. The molecule has 4 heteroatoms. The molecule has 0 aliphatic heterocycles. The maximum absolute atomic E-state index is 11.5. The second kappa shape index (κ2) is 6.40. The van der Waals surface area contributed by atoms with E-state index in [0.29, 0.717) is 24.0 Å². The average Bonchev–Trinajstić information content (AvgIpc) is 2.27. The molecule has 1 aromatic rings. The zero-order valence-electron chi connectivity index (χ0n) is 8.74. The molecule has 0 aliphatic carbocycles. The number of rotatable bonds is 5. The minimum Gasteiger partial charge on any atom is -0.350 e. The van der Waals surface area contributed by atoms with E-state index in [4.69, 9.17) is 11.6 Å². The van der Waals surface area contributed by atoms with Crippen LogP contribution in [0.2, 0.25) is 0 Å². The van der Waals surface area contributed by atoms with Crippen LogP contribution in [0.1, 0.15) is 23.8 Å². The van der Waals surface area contributed by atoms with E-state index in [9.17, 15) is 4.79 Å². The maximum Gasteiger partial charge on any atom is 0.269 e. The van der Waals surface area contributed by atoms with Crippen LogP contribution in [0.15, 0.2) is 24.4 Å². The topological polar surface area (TPSA) is 42.0 Å². The summed E-state index contributed by atoms with van der Waals surface area (Å²) in [6, 6.07) is 5.28. The minimum atomic E-state index is -0.128. The first-order chi connectivity index (χ1) is 7.24. The number of alkyl halides is 1. The zero-order chi connectivity index (χ0) is 11.1. The van der Waals surface area contributed by atoms with Gasteiger partial charge in [-0.3, -0.25) is 9.78 Å². The smallest absolute Gasteiger partial charge is 0.269 e. The van der Waals surface area contributed by atoms with Gasteiger partial charge in [0.2, 0.25) is 0 Å². The highest BCUT2D eigenvalue weighted by Gasteiger charge is 2.07. The van der Waals surface area contributed by atoms with Gasteiger partial charge in [-0.15, -0.1) is 11.6 Å². The largest absolute Gasteiger partial charge is 0.350 e. The molecular weight excluding hydrogens is 212 g/mol. The highest BCUT2D eigenvalue weighted by Crippen LogP contribution is 2.01. The van der Waals surface area contributed by atoms with E-state index in [1.807, 2.05) is 0 Å². The van der Waals surface area contributed by atoms with Crippen LogP contribution in [0.5, 0.6) is 0 Å². The summed E-state index contributed by atoms with van der Waals surface area (Å²) in [6.45, 7) is 2.70. The van der Waals surface area contributed by atoms with E-state index < -0.39 is 0 Å². The van der Waals surface area contributed by atoms with Crippen molar-refractivity contribution in [2.75, 3.05) is 12.4 Å². The first-order valence-electron chi connectivity index (χ1n) is 4.99. The van der Waals surface area contributed by atoms with Gasteiger partial charge in [-0.25, -0.2) is 0 Å². The molecular formula is C11H15ClN2O. The molecule has 1 heterocycles. The van der Waals surface area contributed by atoms with Crippen LogP contribution in [0, 0.1) is 5.92 Å². The molecule has 1 amide bonds. The third-order valence-corrected chi connectivity index (χ3v) is 2.33. The fourth-order valence-electron chi connectivity index (χ4n) is 1.14. The van der Waals surface area contributed by atoms with Crippen molar-refractivity contribution in [1.29, 1.82) is 0 Å². The molecule has 1 aromatic heterocycles. The normalized spacial score (nSPS) is 12.1. The van der Waals surface area contributed by atoms with Crippen molar-refractivity contribution in [1.82, 2.24) is 10.3 Å². The maximum atomic E-state index is 11.5. The summed E-state index contributed by atoms with van der Waals surface area (Å²) in [7, 11) is 0. The fourth-order valence-corrected chi connectivity index (χ4v) is 1.52. The zero-order valence-corrected chi connectivity index (χ0v) is 9.50. The van der Waals surface area contributed by atoms with Crippen molar-refractivity contribution in [3.8, 4) is 0 Å². The third kappa shape index (κ3) is 4.30. The average molecular weight is 227 g/mol. The minimum absolute atomic E-state index is 0.128. The van der Waals surface area contributed by atoms with E-state index in [-0.39, 0.29) is 5.91 Å². The van der Waals surface area contributed by atoms with Crippen LogP contribution in [0.3, 0.4) is 0 Å². The molecule has 0 spiro atoms. The SMILES string of the molecule is CC(CCCl)CNC(=O)c1ccccn1. The van der Waals surface area contributed by atoms with E-state index in [2.05, 4.69) is 17.2 Å². The van der Waals surface area contributed by atoms with Crippen LogP contribution in [0.25, 0.3) is 0 Å². The molecule has 1 unspecified atom stereocenters. The van der Waals surface area contributed by atoms with Crippen LogP contribution >= 0.6 is 11.6 Å². The molecule has 0 saturated heterocycles. The van der Waals surface area contributed by atoms with E-state index in [0.717, 1.165) is 6.42 Å². The Labute approximate surface area is 94.9 Å². The Morgan fingerprint density at radius 3 is 3.00 bits per heavy atom. The van der Waals surface area contributed by atoms with Gasteiger partial charge in [-0.2, -0.15) is 0 Å². The molecule has 0 bridgehead atoms. The predicted molar refractivity (Wildman–Crippen MR) is 61.1 cm³/mol. The van der Waals surface area contributed by atoms with Gasteiger partial charge in [0.15, 0.2) is 0 Å². The number of aromatic nitrogens is 1. The second-order valence-electron chi connectivity index (χ2n) is 3.51. The van der Waals surface area contributed by atoms with Crippen LogP contribution < -0.4 is 5.32 Å². The Morgan fingerprint density at radius 1 is 1.60 bits per heavy atom. The highest BCUT2D eigenvalue weighted by molar-refractivity contribution is 6.17. The summed E-state index contributed by atoms with van der Waals surface area (Å²) in [5.41, 5.74) is 0.454. The Hall–Kier alpha value is -1.09. The molecule has 1 rings (SSSR count). The van der Waals surface area contributed by atoms with Gasteiger partial charge in [-0.05, 0) is 24.5 Å². The van der Waals surface area contributed by atoms with E-state index in [1.54, 1.807) is 24.4 Å². The summed E-state index contributed by atoms with van der Waals surface area (Å²) in [6.07, 6.45) is 2.52. The first kappa shape index (κ1) is 12.0. The van der Waals surface area contributed by atoms with Crippen molar-refractivity contribution in [2.45, 2.75) is 13.3 Å². The molecule has 1 N–H and O–H groups in total. The number of hydrogen-bond donors (Lipinski definition) is 1. The molecule has 0 radical (unpaired) electrons. The number of hydrogen-bond acceptors (Lipinski definition) is 2. The number of carbonyl (C=O) groups excluding carboxylic acids is 1. The second-order valence-corrected chi connectivity index (χ2v) is 3.89. The summed E-state index contributed by atoms with van der Waals surface area (Å²) in [5, 5.41) is 2.82. The predicted octanol–water partition coefficient (Wildman–Crippen LogP) is 2.08. The summed E-state index contributed by atoms with van der Waals surface area (Å²) in [5.74, 6) is 0.896. The Kier molecular flexibility index (Phi) is 5.12. The lowest BCUT2D eigenvalue weighted by Crippen LogP contribution is -2.29. The van der Waals surface area contributed by atoms with Crippen LogP contribution in [-0.4, -0.2) is 23.3 Å². The summed E-state index contributed by atoms with van der Waals surface area (Å²) < 4.78 is 0. The van der Waals surface area contributed by atoms with Crippen molar-refractivity contribution >= 4 is 17.5 Å². The molecule has 0 aromatic carbocycles. The lowest BCUT2D eigenvalue weighted by Gasteiger charge is -2.10. The molecule has 0 aliphatic rings. The number of nitrogens with zero attached hydrogens (tertiary/aromatic N) is 1. The first-order valence-corrected chi connectivity index (χ1v) is 5.52. The molecule has 82 valence electrons.